The van der Waals surface area contributed by atoms with Gasteiger partial charge in [0.2, 0.25) is 0 Å². The smallest absolute Gasteiger partial charge is 0.0451 e. The van der Waals surface area contributed by atoms with Crippen molar-refractivity contribution in [2.45, 2.75) is 53.0 Å². The molecule has 0 aliphatic heterocycles. The monoisotopic (exact) mass is 295 g/mol. The highest BCUT2D eigenvalue weighted by atomic mass is 15.2. The minimum atomic E-state index is 0.137. The highest BCUT2D eigenvalue weighted by Gasteiger charge is 2.29. The molecule has 2 aromatic carbocycles. The van der Waals surface area contributed by atoms with E-state index in [4.69, 9.17) is 0 Å². The molecule has 0 saturated heterocycles. The number of benzene rings is 2. The summed E-state index contributed by atoms with van der Waals surface area (Å²) in [5.74, 6) is 0.582. The quantitative estimate of drug-likeness (QED) is 0.638. The molecule has 0 aliphatic rings. The number of hydrogen-bond donors (Lipinski definition) is 0. The Kier molecular flexibility index (Phi) is 4.95. The molecule has 2 aromatic rings. The lowest BCUT2D eigenvalue weighted by Crippen LogP contribution is -2.31. The molecule has 0 bridgehead atoms. The van der Waals surface area contributed by atoms with Crippen molar-refractivity contribution >= 4 is 11.4 Å². The summed E-state index contributed by atoms with van der Waals surface area (Å²) in [6.45, 7) is 13.8. The summed E-state index contributed by atoms with van der Waals surface area (Å²) >= 11 is 0. The van der Waals surface area contributed by atoms with Crippen LogP contribution in [-0.4, -0.2) is 6.04 Å². The third-order valence-corrected chi connectivity index (χ3v) is 4.85. The van der Waals surface area contributed by atoms with Gasteiger partial charge in [0, 0.05) is 17.4 Å². The van der Waals surface area contributed by atoms with Gasteiger partial charge in [-0.25, -0.2) is 0 Å². The third-order valence-electron chi connectivity index (χ3n) is 4.85. The van der Waals surface area contributed by atoms with Gasteiger partial charge in [-0.15, -0.1) is 0 Å². The maximum Gasteiger partial charge on any atom is 0.0451 e. The van der Waals surface area contributed by atoms with Crippen LogP contribution in [0.4, 0.5) is 11.4 Å². The Hall–Kier alpha value is -1.76. The van der Waals surface area contributed by atoms with E-state index in [-0.39, 0.29) is 5.41 Å². The lowest BCUT2D eigenvalue weighted by molar-refractivity contribution is 0.372. The van der Waals surface area contributed by atoms with Crippen LogP contribution in [0, 0.1) is 5.92 Å². The predicted molar refractivity (Wildman–Crippen MR) is 98.0 cm³/mol. The zero-order valence-electron chi connectivity index (χ0n) is 14.8. The molecule has 2 rings (SSSR count). The molecule has 0 N–H and O–H groups in total. The minimum absolute atomic E-state index is 0.137. The average Bonchev–Trinajstić information content (AvgIpc) is 2.48. The molecule has 0 radical (unpaired) electrons. The summed E-state index contributed by atoms with van der Waals surface area (Å²) in [6, 6.07) is 19.9. The highest BCUT2D eigenvalue weighted by Crippen LogP contribution is 2.40. The molecule has 0 amide bonds. The molecule has 0 heterocycles. The third kappa shape index (κ3) is 3.19. The van der Waals surface area contributed by atoms with E-state index >= 15 is 0 Å². The van der Waals surface area contributed by atoms with Gasteiger partial charge in [0.1, 0.15) is 0 Å². The van der Waals surface area contributed by atoms with Crippen LogP contribution in [0.5, 0.6) is 0 Å². The van der Waals surface area contributed by atoms with Crippen molar-refractivity contribution in [2.75, 3.05) is 4.90 Å². The molecule has 0 saturated carbocycles. The first-order valence-electron chi connectivity index (χ1n) is 8.29. The maximum absolute atomic E-state index is 2.44. The number of rotatable bonds is 5. The summed E-state index contributed by atoms with van der Waals surface area (Å²) in [5, 5.41) is 0. The number of anilines is 2. The molecule has 0 aromatic heterocycles. The van der Waals surface area contributed by atoms with Crippen LogP contribution >= 0.6 is 0 Å². The van der Waals surface area contributed by atoms with Crippen LogP contribution in [0.15, 0.2) is 54.6 Å². The zero-order valence-corrected chi connectivity index (χ0v) is 14.8. The minimum Gasteiger partial charge on any atom is -0.339 e. The Morgan fingerprint density at radius 3 is 1.86 bits per heavy atom. The van der Waals surface area contributed by atoms with Crippen LogP contribution in [0.25, 0.3) is 0 Å². The fourth-order valence-electron chi connectivity index (χ4n) is 2.84. The number of nitrogens with zero attached hydrogens (tertiary/aromatic N) is 1. The maximum atomic E-state index is 2.44. The molecule has 22 heavy (non-hydrogen) atoms. The van der Waals surface area contributed by atoms with Gasteiger partial charge in [0.05, 0.1) is 0 Å². The van der Waals surface area contributed by atoms with Gasteiger partial charge in [0.15, 0.2) is 0 Å². The summed E-state index contributed by atoms with van der Waals surface area (Å²) in [6.07, 6.45) is 0. The molecular weight excluding hydrogens is 266 g/mol. The van der Waals surface area contributed by atoms with E-state index in [1.165, 1.54) is 16.9 Å². The predicted octanol–water partition coefficient (Wildman–Crippen LogP) is 6.17. The molecule has 0 aliphatic carbocycles. The first-order valence-corrected chi connectivity index (χ1v) is 8.29. The van der Waals surface area contributed by atoms with E-state index in [1.54, 1.807) is 0 Å². The van der Waals surface area contributed by atoms with Crippen LogP contribution in [-0.2, 0) is 5.41 Å². The number of hydrogen-bond acceptors (Lipinski definition) is 1. The Morgan fingerprint density at radius 2 is 1.32 bits per heavy atom. The standard InChI is InChI=1S/C21H29N/c1-16(2)21(5,6)19-14-10-11-15-20(19)22(17(3)4)18-12-8-7-9-13-18/h7-17H,1-6H3. The van der Waals surface area contributed by atoms with Crippen LogP contribution in [0.3, 0.4) is 0 Å². The zero-order chi connectivity index (χ0) is 16.3. The van der Waals surface area contributed by atoms with Crippen molar-refractivity contribution in [2.24, 2.45) is 5.92 Å². The largest absolute Gasteiger partial charge is 0.339 e. The van der Waals surface area contributed by atoms with Crippen LogP contribution < -0.4 is 4.90 Å². The van der Waals surface area contributed by atoms with E-state index in [9.17, 15) is 0 Å². The summed E-state index contributed by atoms with van der Waals surface area (Å²) in [4.78, 5) is 2.44. The summed E-state index contributed by atoms with van der Waals surface area (Å²) < 4.78 is 0. The van der Waals surface area contributed by atoms with Gasteiger partial charge in [-0.3, -0.25) is 0 Å². The van der Waals surface area contributed by atoms with Crippen molar-refractivity contribution in [3.8, 4) is 0 Å². The van der Waals surface area contributed by atoms with E-state index in [0.717, 1.165) is 0 Å². The van der Waals surface area contributed by atoms with Gasteiger partial charge in [0.25, 0.3) is 0 Å². The van der Waals surface area contributed by atoms with E-state index in [0.29, 0.717) is 12.0 Å². The SMILES string of the molecule is CC(C)N(c1ccccc1)c1ccccc1C(C)(C)C(C)C. The molecule has 1 nitrogen and oxygen atoms in total. The second-order valence-corrected chi connectivity index (χ2v) is 7.19. The molecule has 0 atom stereocenters. The fraction of sp³-hybridized carbons (Fsp3) is 0.429. The Labute approximate surface area is 136 Å². The van der Waals surface area contributed by atoms with Crippen LogP contribution in [0.1, 0.15) is 47.1 Å². The highest BCUT2D eigenvalue weighted by molar-refractivity contribution is 5.68. The van der Waals surface area contributed by atoms with Crippen molar-refractivity contribution < 1.29 is 0 Å². The van der Waals surface area contributed by atoms with Gasteiger partial charge >= 0.3 is 0 Å². The summed E-state index contributed by atoms with van der Waals surface area (Å²) in [5.41, 5.74) is 4.13. The molecule has 118 valence electrons. The molecule has 1 heteroatoms. The van der Waals surface area contributed by atoms with Crippen molar-refractivity contribution in [1.82, 2.24) is 0 Å². The number of para-hydroxylation sites is 2. The van der Waals surface area contributed by atoms with Gasteiger partial charge in [-0.05, 0) is 48.9 Å². The molecule has 0 spiro atoms. The average molecular weight is 295 g/mol. The topological polar surface area (TPSA) is 3.24 Å². The Bertz CT molecular complexity index is 596. The first kappa shape index (κ1) is 16.6. The van der Waals surface area contributed by atoms with E-state index < -0.39 is 0 Å². The summed E-state index contributed by atoms with van der Waals surface area (Å²) in [7, 11) is 0. The van der Waals surface area contributed by atoms with Gasteiger partial charge in [-0.2, -0.15) is 0 Å². The first-order chi connectivity index (χ1) is 10.4. The fourth-order valence-corrected chi connectivity index (χ4v) is 2.84. The normalized spacial score (nSPS) is 12.0. The van der Waals surface area contributed by atoms with Crippen molar-refractivity contribution in [3.63, 3.8) is 0 Å². The lowest BCUT2D eigenvalue weighted by Gasteiger charge is -2.37. The Balaban J connectivity index is 2.60. The second kappa shape index (κ2) is 6.56. The lowest BCUT2D eigenvalue weighted by atomic mass is 9.74. The van der Waals surface area contributed by atoms with E-state index in [2.05, 4.69) is 101 Å². The molecule has 0 fully saturated rings. The van der Waals surface area contributed by atoms with E-state index in [1.807, 2.05) is 0 Å². The van der Waals surface area contributed by atoms with Gasteiger partial charge in [-0.1, -0.05) is 64.1 Å². The Morgan fingerprint density at radius 1 is 0.773 bits per heavy atom. The van der Waals surface area contributed by atoms with Crippen molar-refractivity contribution in [3.05, 3.63) is 60.2 Å². The van der Waals surface area contributed by atoms with Crippen LogP contribution in [0.2, 0.25) is 0 Å². The van der Waals surface area contributed by atoms with Crippen molar-refractivity contribution in [1.29, 1.82) is 0 Å². The second-order valence-electron chi connectivity index (χ2n) is 7.19. The molecule has 0 unspecified atom stereocenters. The molecular formula is C21H29N. The van der Waals surface area contributed by atoms with Gasteiger partial charge < -0.3 is 4.90 Å².